The summed E-state index contributed by atoms with van der Waals surface area (Å²) >= 11 is 0. The summed E-state index contributed by atoms with van der Waals surface area (Å²) in [6.07, 6.45) is 4.44. The molecule has 2 rings (SSSR count). The summed E-state index contributed by atoms with van der Waals surface area (Å²) in [5.41, 5.74) is 2.18. The number of carbonyl (C=O) groups excluding carboxylic acids is 1. The van der Waals surface area contributed by atoms with Crippen LogP contribution in [0.3, 0.4) is 0 Å². The molecule has 0 amide bonds. The molecule has 19 heavy (non-hydrogen) atoms. The predicted molar refractivity (Wildman–Crippen MR) is 72.7 cm³/mol. The van der Waals surface area contributed by atoms with E-state index < -0.39 is 0 Å². The molecule has 0 aliphatic rings. The molecule has 0 spiro atoms. The van der Waals surface area contributed by atoms with Crippen molar-refractivity contribution < 1.29 is 9.18 Å². The lowest BCUT2D eigenvalue weighted by atomic mass is 10.1. The smallest absolute Gasteiger partial charge is 0.153 e. The van der Waals surface area contributed by atoms with Crippen molar-refractivity contribution in [2.45, 2.75) is 33.2 Å². The Bertz CT molecular complexity index is 590. The number of benzene rings is 1. The third-order valence-electron chi connectivity index (χ3n) is 3.03. The monoisotopic (exact) mass is 260 g/mol. The molecule has 0 aliphatic carbocycles. The number of rotatable bonds is 5. The van der Waals surface area contributed by atoms with E-state index >= 15 is 0 Å². The molecule has 0 aliphatic heterocycles. The molecule has 0 N–H and O–H groups in total. The van der Waals surface area contributed by atoms with Gasteiger partial charge in [-0.3, -0.25) is 9.48 Å². The van der Waals surface area contributed by atoms with Gasteiger partial charge in [0, 0.05) is 18.3 Å². The molecule has 0 saturated heterocycles. The van der Waals surface area contributed by atoms with Crippen molar-refractivity contribution in [3.8, 4) is 11.3 Å². The summed E-state index contributed by atoms with van der Waals surface area (Å²) in [6.45, 7) is 4.72. The van der Waals surface area contributed by atoms with E-state index in [9.17, 15) is 9.18 Å². The van der Waals surface area contributed by atoms with Gasteiger partial charge in [0.1, 0.15) is 11.5 Å². The Hall–Kier alpha value is -1.97. The van der Waals surface area contributed by atoms with E-state index in [2.05, 4.69) is 12.0 Å². The number of aldehydes is 1. The molecular weight excluding hydrogens is 243 g/mol. The maximum absolute atomic E-state index is 13.9. The lowest BCUT2D eigenvalue weighted by Gasteiger charge is -2.02. The lowest BCUT2D eigenvalue weighted by molar-refractivity contribution is 0.112. The molecule has 1 aromatic carbocycles. The number of carbonyl (C=O) groups is 1. The number of hydrogen-bond acceptors (Lipinski definition) is 2. The fourth-order valence-electron chi connectivity index (χ4n) is 1.99. The maximum Gasteiger partial charge on any atom is 0.153 e. The number of halogens is 1. The van der Waals surface area contributed by atoms with E-state index in [0.29, 0.717) is 16.8 Å². The van der Waals surface area contributed by atoms with E-state index in [-0.39, 0.29) is 5.82 Å². The fraction of sp³-hybridized carbons (Fsp3) is 0.333. The molecule has 3 nitrogen and oxygen atoms in total. The molecule has 1 heterocycles. The summed E-state index contributed by atoms with van der Waals surface area (Å²) in [4.78, 5) is 11.1. The highest BCUT2D eigenvalue weighted by Crippen LogP contribution is 2.25. The summed E-state index contributed by atoms with van der Waals surface area (Å²) in [7, 11) is 0. The maximum atomic E-state index is 13.9. The number of hydrogen-bond donors (Lipinski definition) is 0. The summed E-state index contributed by atoms with van der Waals surface area (Å²) in [6, 6.07) is 4.83. The van der Waals surface area contributed by atoms with Crippen molar-refractivity contribution in [3.63, 3.8) is 0 Å². The standard InChI is InChI=1S/C15H17FN2O/c1-3-4-7-18-9-12(10-19)15(17-18)13-8-11(2)5-6-14(13)16/h5-6,8-10H,3-4,7H2,1-2H3. The summed E-state index contributed by atoms with van der Waals surface area (Å²) in [5.74, 6) is -0.352. The van der Waals surface area contributed by atoms with Crippen molar-refractivity contribution in [1.82, 2.24) is 9.78 Å². The van der Waals surface area contributed by atoms with Crippen LogP contribution in [0.25, 0.3) is 11.3 Å². The van der Waals surface area contributed by atoms with Gasteiger partial charge in [-0.2, -0.15) is 5.10 Å². The molecule has 0 fully saturated rings. The Morgan fingerprint density at radius 3 is 2.89 bits per heavy atom. The molecule has 0 saturated carbocycles. The van der Waals surface area contributed by atoms with Gasteiger partial charge in [-0.25, -0.2) is 4.39 Å². The van der Waals surface area contributed by atoms with Crippen LogP contribution < -0.4 is 0 Å². The molecule has 2 aromatic rings. The summed E-state index contributed by atoms with van der Waals surface area (Å²) in [5, 5.41) is 4.34. The minimum Gasteiger partial charge on any atom is -0.298 e. The van der Waals surface area contributed by atoms with Crippen LogP contribution >= 0.6 is 0 Å². The first kappa shape index (κ1) is 13.5. The van der Waals surface area contributed by atoms with Gasteiger partial charge in [0.15, 0.2) is 6.29 Å². The molecule has 0 unspecified atom stereocenters. The predicted octanol–water partition coefficient (Wildman–Crippen LogP) is 3.61. The second-order valence-corrected chi connectivity index (χ2v) is 4.65. The average molecular weight is 260 g/mol. The highest BCUT2D eigenvalue weighted by molar-refractivity contribution is 5.85. The molecule has 0 radical (unpaired) electrons. The molecular formula is C15H17FN2O. The molecule has 100 valence electrons. The van der Waals surface area contributed by atoms with E-state index in [1.807, 2.05) is 6.92 Å². The Labute approximate surface area is 112 Å². The lowest BCUT2D eigenvalue weighted by Crippen LogP contribution is -1.98. The third-order valence-corrected chi connectivity index (χ3v) is 3.03. The zero-order valence-corrected chi connectivity index (χ0v) is 11.2. The zero-order chi connectivity index (χ0) is 13.8. The van der Waals surface area contributed by atoms with Crippen LogP contribution in [0.4, 0.5) is 4.39 Å². The van der Waals surface area contributed by atoms with E-state index in [0.717, 1.165) is 31.2 Å². The van der Waals surface area contributed by atoms with Crippen molar-refractivity contribution in [2.75, 3.05) is 0 Å². The number of unbranched alkanes of at least 4 members (excludes halogenated alkanes) is 1. The topological polar surface area (TPSA) is 34.9 Å². The van der Waals surface area contributed by atoms with Gasteiger partial charge in [-0.1, -0.05) is 25.0 Å². The van der Waals surface area contributed by atoms with Gasteiger partial charge in [0.05, 0.1) is 5.56 Å². The van der Waals surface area contributed by atoms with Gasteiger partial charge in [-0.05, 0) is 25.5 Å². The van der Waals surface area contributed by atoms with Crippen LogP contribution in [0.1, 0.15) is 35.7 Å². The minimum atomic E-state index is -0.352. The largest absolute Gasteiger partial charge is 0.298 e. The van der Waals surface area contributed by atoms with Crippen molar-refractivity contribution in [1.29, 1.82) is 0 Å². The Kier molecular flexibility index (Phi) is 4.10. The van der Waals surface area contributed by atoms with Crippen LogP contribution in [0.2, 0.25) is 0 Å². The SMILES string of the molecule is CCCCn1cc(C=O)c(-c2cc(C)ccc2F)n1. The van der Waals surface area contributed by atoms with Crippen LogP contribution in [0, 0.1) is 12.7 Å². The van der Waals surface area contributed by atoms with Crippen LogP contribution in [0.15, 0.2) is 24.4 Å². The molecule has 4 heteroatoms. The van der Waals surface area contributed by atoms with Crippen molar-refractivity contribution in [3.05, 3.63) is 41.3 Å². The van der Waals surface area contributed by atoms with E-state index in [1.54, 1.807) is 23.0 Å². The van der Waals surface area contributed by atoms with E-state index in [4.69, 9.17) is 0 Å². The highest BCUT2D eigenvalue weighted by Gasteiger charge is 2.14. The normalized spacial score (nSPS) is 10.7. The van der Waals surface area contributed by atoms with Crippen LogP contribution in [-0.2, 0) is 6.54 Å². The van der Waals surface area contributed by atoms with Gasteiger partial charge in [-0.15, -0.1) is 0 Å². The van der Waals surface area contributed by atoms with Crippen LogP contribution in [0.5, 0.6) is 0 Å². The Balaban J connectivity index is 2.45. The zero-order valence-electron chi connectivity index (χ0n) is 11.2. The van der Waals surface area contributed by atoms with Gasteiger partial charge in [0.25, 0.3) is 0 Å². The number of aromatic nitrogens is 2. The van der Waals surface area contributed by atoms with E-state index in [1.165, 1.54) is 6.07 Å². The first-order valence-electron chi connectivity index (χ1n) is 6.45. The van der Waals surface area contributed by atoms with Gasteiger partial charge >= 0.3 is 0 Å². The quantitative estimate of drug-likeness (QED) is 0.770. The summed E-state index contributed by atoms with van der Waals surface area (Å²) < 4.78 is 15.6. The minimum absolute atomic E-state index is 0.352. The fourth-order valence-corrected chi connectivity index (χ4v) is 1.99. The molecule has 1 aromatic heterocycles. The second-order valence-electron chi connectivity index (χ2n) is 4.65. The molecule has 0 bridgehead atoms. The second kappa shape index (κ2) is 5.78. The average Bonchev–Trinajstić information content (AvgIpc) is 2.82. The van der Waals surface area contributed by atoms with Gasteiger partial charge < -0.3 is 0 Å². The Morgan fingerprint density at radius 2 is 2.21 bits per heavy atom. The molecule has 0 atom stereocenters. The number of aryl methyl sites for hydroxylation is 2. The van der Waals surface area contributed by atoms with Crippen molar-refractivity contribution >= 4 is 6.29 Å². The Morgan fingerprint density at radius 1 is 1.42 bits per heavy atom. The number of nitrogens with zero attached hydrogens (tertiary/aromatic N) is 2. The first-order valence-corrected chi connectivity index (χ1v) is 6.45. The van der Waals surface area contributed by atoms with Crippen LogP contribution in [-0.4, -0.2) is 16.1 Å². The first-order chi connectivity index (χ1) is 9.15. The third kappa shape index (κ3) is 2.89. The highest BCUT2D eigenvalue weighted by atomic mass is 19.1. The van der Waals surface area contributed by atoms with Gasteiger partial charge in [0.2, 0.25) is 0 Å². The van der Waals surface area contributed by atoms with Crippen molar-refractivity contribution in [2.24, 2.45) is 0 Å².